The molecule has 0 spiro atoms. The zero-order valence-electron chi connectivity index (χ0n) is 16.6. The SMILES string of the molecule is CC(C)(C)N(CC(Br)N(C(C)(C)C)C(C)(C)C)C(C)(C)C. The molecular formula is C18H39BrN2. The molecule has 0 N–H and O–H groups in total. The van der Waals surface area contributed by atoms with E-state index in [9.17, 15) is 0 Å². The monoisotopic (exact) mass is 362 g/mol. The van der Waals surface area contributed by atoms with Crippen molar-refractivity contribution < 1.29 is 0 Å². The van der Waals surface area contributed by atoms with E-state index in [0.29, 0.717) is 4.95 Å². The Morgan fingerprint density at radius 2 is 0.905 bits per heavy atom. The van der Waals surface area contributed by atoms with E-state index in [4.69, 9.17) is 0 Å². The Bertz CT molecular complexity index is 295. The molecule has 1 unspecified atom stereocenters. The molecule has 0 fully saturated rings. The van der Waals surface area contributed by atoms with E-state index in [0.717, 1.165) is 6.54 Å². The first-order valence-corrected chi connectivity index (χ1v) is 9.01. The molecule has 1 atom stereocenters. The topological polar surface area (TPSA) is 6.48 Å². The van der Waals surface area contributed by atoms with Gasteiger partial charge in [-0.15, -0.1) is 0 Å². The standard InChI is InChI=1S/C18H39BrN2/c1-15(2,3)20(16(4,5)6)13-14(19)21(17(7,8)9)18(10,11)12/h14H,13H2,1-12H3. The maximum atomic E-state index is 3.99. The molecule has 0 aliphatic heterocycles. The quantitative estimate of drug-likeness (QED) is 0.482. The van der Waals surface area contributed by atoms with Crippen LogP contribution in [0, 0.1) is 0 Å². The van der Waals surface area contributed by atoms with Gasteiger partial charge in [0.05, 0.1) is 4.95 Å². The van der Waals surface area contributed by atoms with Gasteiger partial charge in [0.15, 0.2) is 0 Å². The van der Waals surface area contributed by atoms with Crippen LogP contribution in [0.3, 0.4) is 0 Å². The Hall–Kier alpha value is 0.400. The number of halogens is 1. The van der Waals surface area contributed by atoms with E-state index in [2.05, 4.69) is 109 Å². The summed E-state index contributed by atoms with van der Waals surface area (Å²) in [5.41, 5.74) is 0.527. The zero-order chi connectivity index (χ0) is 17.4. The van der Waals surface area contributed by atoms with E-state index < -0.39 is 0 Å². The van der Waals surface area contributed by atoms with Crippen LogP contribution in [-0.4, -0.2) is 43.5 Å². The van der Waals surface area contributed by atoms with Gasteiger partial charge in [-0.2, -0.15) is 0 Å². The molecule has 0 heterocycles. The first kappa shape index (κ1) is 21.4. The van der Waals surface area contributed by atoms with Gasteiger partial charge in [-0.3, -0.25) is 9.80 Å². The predicted octanol–water partition coefficient (Wildman–Crippen LogP) is 5.51. The Morgan fingerprint density at radius 3 is 1.10 bits per heavy atom. The second-order valence-corrected chi connectivity index (χ2v) is 11.2. The summed E-state index contributed by atoms with van der Waals surface area (Å²) in [6, 6.07) is 0. The first-order chi connectivity index (χ1) is 8.88. The maximum absolute atomic E-state index is 3.99. The molecule has 2 nitrogen and oxygen atoms in total. The number of rotatable bonds is 3. The molecule has 3 heteroatoms. The van der Waals surface area contributed by atoms with Crippen molar-refractivity contribution in [2.45, 2.75) is 110 Å². The lowest BCUT2D eigenvalue weighted by Crippen LogP contribution is -2.62. The minimum Gasteiger partial charge on any atom is -0.291 e. The fourth-order valence-electron chi connectivity index (χ4n) is 3.63. The van der Waals surface area contributed by atoms with Crippen LogP contribution >= 0.6 is 15.9 Å². The fourth-order valence-corrected chi connectivity index (χ4v) is 5.15. The summed E-state index contributed by atoms with van der Waals surface area (Å²) in [7, 11) is 0. The van der Waals surface area contributed by atoms with Gasteiger partial charge in [0.2, 0.25) is 0 Å². The van der Waals surface area contributed by atoms with Crippen LogP contribution in [0.4, 0.5) is 0 Å². The molecule has 0 amide bonds. The highest BCUT2D eigenvalue weighted by Gasteiger charge is 2.40. The lowest BCUT2D eigenvalue weighted by atomic mass is 9.93. The summed E-state index contributed by atoms with van der Waals surface area (Å²) in [6.07, 6.45) is 0. The molecule has 0 rings (SSSR count). The zero-order valence-corrected chi connectivity index (χ0v) is 18.1. The van der Waals surface area contributed by atoms with Crippen LogP contribution in [0.25, 0.3) is 0 Å². The van der Waals surface area contributed by atoms with Crippen molar-refractivity contribution >= 4 is 15.9 Å². The molecular weight excluding hydrogens is 324 g/mol. The van der Waals surface area contributed by atoms with Crippen molar-refractivity contribution in [3.63, 3.8) is 0 Å². The predicted molar refractivity (Wildman–Crippen MR) is 100 cm³/mol. The van der Waals surface area contributed by atoms with Crippen LogP contribution in [0.5, 0.6) is 0 Å². The van der Waals surface area contributed by atoms with E-state index in [1.807, 2.05) is 0 Å². The van der Waals surface area contributed by atoms with Crippen LogP contribution < -0.4 is 0 Å². The third kappa shape index (κ3) is 6.58. The van der Waals surface area contributed by atoms with Gasteiger partial charge < -0.3 is 0 Å². The van der Waals surface area contributed by atoms with Crippen molar-refractivity contribution in [3.05, 3.63) is 0 Å². The lowest BCUT2D eigenvalue weighted by molar-refractivity contribution is -0.0219. The second kappa shape index (κ2) is 6.49. The Balaban J connectivity index is 5.44. The van der Waals surface area contributed by atoms with Crippen LogP contribution in [0.1, 0.15) is 83.1 Å². The normalized spacial score (nSPS) is 16.7. The molecule has 0 aliphatic carbocycles. The van der Waals surface area contributed by atoms with Crippen LogP contribution in [0.15, 0.2) is 0 Å². The van der Waals surface area contributed by atoms with Gasteiger partial charge in [-0.1, -0.05) is 15.9 Å². The van der Waals surface area contributed by atoms with E-state index >= 15 is 0 Å². The second-order valence-electron chi connectivity index (χ2n) is 10.1. The van der Waals surface area contributed by atoms with E-state index in [1.165, 1.54) is 0 Å². The van der Waals surface area contributed by atoms with Crippen molar-refractivity contribution in [1.82, 2.24) is 9.80 Å². The highest BCUT2D eigenvalue weighted by atomic mass is 79.9. The van der Waals surface area contributed by atoms with Crippen molar-refractivity contribution in [1.29, 1.82) is 0 Å². The molecule has 0 aromatic rings. The molecule has 0 saturated carbocycles. The van der Waals surface area contributed by atoms with Gasteiger partial charge in [0.25, 0.3) is 0 Å². The van der Waals surface area contributed by atoms with Gasteiger partial charge in [-0.25, -0.2) is 0 Å². The Labute approximate surface area is 142 Å². The summed E-state index contributed by atoms with van der Waals surface area (Å²) in [6.45, 7) is 28.6. The van der Waals surface area contributed by atoms with Gasteiger partial charge in [0.1, 0.15) is 0 Å². The van der Waals surface area contributed by atoms with Gasteiger partial charge in [0, 0.05) is 28.7 Å². The van der Waals surface area contributed by atoms with Crippen molar-refractivity contribution in [3.8, 4) is 0 Å². The molecule has 128 valence electrons. The summed E-state index contributed by atoms with van der Waals surface area (Å²) >= 11 is 3.99. The molecule has 21 heavy (non-hydrogen) atoms. The first-order valence-electron chi connectivity index (χ1n) is 8.10. The minimum absolute atomic E-state index is 0.119. The Morgan fingerprint density at radius 1 is 0.619 bits per heavy atom. The largest absolute Gasteiger partial charge is 0.291 e. The number of hydrogen-bond acceptors (Lipinski definition) is 2. The number of nitrogens with zero attached hydrogens (tertiary/aromatic N) is 2. The molecule has 0 aromatic carbocycles. The lowest BCUT2D eigenvalue weighted by Gasteiger charge is -2.52. The maximum Gasteiger partial charge on any atom is 0.0793 e. The highest BCUT2D eigenvalue weighted by Crippen LogP contribution is 2.33. The molecule has 0 radical (unpaired) electrons. The van der Waals surface area contributed by atoms with Crippen molar-refractivity contribution in [2.75, 3.05) is 6.54 Å². The van der Waals surface area contributed by atoms with E-state index in [1.54, 1.807) is 0 Å². The highest BCUT2D eigenvalue weighted by molar-refractivity contribution is 9.09. The van der Waals surface area contributed by atoms with Crippen molar-refractivity contribution in [2.24, 2.45) is 0 Å². The van der Waals surface area contributed by atoms with Crippen LogP contribution in [-0.2, 0) is 0 Å². The van der Waals surface area contributed by atoms with Gasteiger partial charge in [-0.05, 0) is 83.1 Å². The average Bonchev–Trinajstić information content (AvgIpc) is 2.04. The third-order valence-electron chi connectivity index (χ3n) is 3.68. The van der Waals surface area contributed by atoms with E-state index in [-0.39, 0.29) is 22.2 Å². The molecule has 0 saturated heterocycles. The smallest absolute Gasteiger partial charge is 0.0793 e. The Kier molecular flexibility index (Phi) is 6.61. The summed E-state index contributed by atoms with van der Waals surface area (Å²) < 4.78 is 0. The third-order valence-corrected chi connectivity index (χ3v) is 4.38. The summed E-state index contributed by atoms with van der Waals surface area (Å²) in [5.74, 6) is 0. The fraction of sp³-hybridized carbons (Fsp3) is 1.00. The summed E-state index contributed by atoms with van der Waals surface area (Å²) in [5, 5.41) is 0. The average molecular weight is 363 g/mol. The molecule has 0 bridgehead atoms. The number of alkyl halides is 1. The molecule has 0 aliphatic rings. The van der Waals surface area contributed by atoms with Gasteiger partial charge >= 0.3 is 0 Å². The molecule has 0 aromatic heterocycles. The van der Waals surface area contributed by atoms with Crippen LogP contribution in [0.2, 0.25) is 0 Å². The minimum atomic E-state index is 0.119. The number of hydrogen-bond donors (Lipinski definition) is 0. The summed E-state index contributed by atoms with van der Waals surface area (Å²) in [4.78, 5) is 5.48.